The van der Waals surface area contributed by atoms with Crippen molar-refractivity contribution in [1.29, 1.82) is 0 Å². The fraction of sp³-hybridized carbons (Fsp3) is 0.286. The van der Waals surface area contributed by atoms with Gasteiger partial charge in [-0.2, -0.15) is 5.10 Å². The average Bonchev–Trinajstić information content (AvgIpc) is 2.53. The molecule has 62 valence electrons. The van der Waals surface area contributed by atoms with Gasteiger partial charge in [0.15, 0.2) is 0 Å². The van der Waals surface area contributed by atoms with Crippen LogP contribution in [0.4, 0.5) is 0 Å². The first-order valence-corrected chi connectivity index (χ1v) is 4.50. The Bertz CT molecular complexity index is 459. The molecule has 4 nitrogen and oxygen atoms in total. The van der Waals surface area contributed by atoms with Gasteiger partial charge in [-0.3, -0.25) is 4.79 Å². The lowest BCUT2D eigenvalue weighted by molar-refractivity contribution is 0.622. The normalized spacial score (nSPS) is 10.8. The quantitative estimate of drug-likeness (QED) is 0.656. The van der Waals surface area contributed by atoms with Gasteiger partial charge in [-0.05, 0) is 6.92 Å². The number of nitrogens with zero attached hydrogens (tertiary/aromatic N) is 3. The third-order valence-electron chi connectivity index (χ3n) is 1.65. The summed E-state index contributed by atoms with van der Waals surface area (Å²) >= 11 is 1.43. The summed E-state index contributed by atoms with van der Waals surface area (Å²) in [6, 6.07) is 0. The van der Waals surface area contributed by atoms with E-state index in [4.69, 9.17) is 0 Å². The molecule has 0 saturated carbocycles. The highest BCUT2D eigenvalue weighted by atomic mass is 32.1. The van der Waals surface area contributed by atoms with E-state index in [0.717, 1.165) is 4.70 Å². The van der Waals surface area contributed by atoms with Crippen LogP contribution < -0.4 is 5.56 Å². The Morgan fingerprint density at radius 3 is 3.25 bits per heavy atom. The minimum absolute atomic E-state index is 0.101. The minimum atomic E-state index is -0.101. The zero-order valence-electron chi connectivity index (χ0n) is 6.52. The molecule has 0 N–H and O–H groups in total. The molecule has 0 bridgehead atoms. The maximum atomic E-state index is 11.5. The summed E-state index contributed by atoms with van der Waals surface area (Å²) in [5.41, 5.74) is 2.08. The number of fused-ring (bicyclic) bond motifs is 1. The number of hydrogen-bond donors (Lipinski definition) is 0. The van der Waals surface area contributed by atoms with Gasteiger partial charge < -0.3 is 0 Å². The Balaban J connectivity index is 2.88. The zero-order chi connectivity index (χ0) is 8.55. The maximum absolute atomic E-state index is 11.5. The first-order chi connectivity index (χ1) is 5.83. The van der Waals surface area contributed by atoms with Crippen molar-refractivity contribution in [3.63, 3.8) is 0 Å². The maximum Gasteiger partial charge on any atom is 0.294 e. The second-order valence-electron chi connectivity index (χ2n) is 2.33. The molecule has 0 aromatic carbocycles. The van der Waals surface area contributed by atoms with Crippen LogP contribution in [0.3, 0.4) is 0 Å². The largest absolute Gasteiger partial charge is 0.294 e. The SMILES string of the molecule is CCn1ncc2scnc2c1=O. The summed E-state index contributed by atoms with van der Waals surface area (Å²) in [6.45, 7) is 2.47. The van der Waals surface area contributed by atoms with E-state index in [-0.39, 0.29) is 5.56 Å². The van der Waals surface area contributed by atoms with Crippen LogP contribution in [-0.4, -0.2) is 14.8 Å². The standard InChI is InChI=1S/C7H7N3OS/c1-2-10-7(11)6-5(3-9-10)12-4-8-6/h3-4H,2H2,1H3. The topological polar surface area (TPSA) is 47.8 Å². The van der Waals surface area contributed by atoms with Crippen molar-refractivity contribution < 1.29 is 0 Å². The van der Waals surface area contributed by atoms with Crippen molar-refractivity contribution in [3.8, 4) is 0 Å². The third kappa shape index (κ3) is 0.937. The predicted molar refractivity (Wildman–Crippen MR) is 47.3 cm³/mol. The lowest BCUT2D eigenvalue weighted by Crippen LogP contribution is -2.21. The van der Waals surface area contributed by atoms with Gasteiger partial charge in [-0.1, -0.05) is 0 Å². The third-order valence-corrected chi connectivity index (χ3v) is 2.41. The molecule has 0 unspecified atom stereocenters. The second-order valence-corrected chi connectivity index (χ2v) is 3.22. The van der Waals surface area contributed by atoms with Crippen molar-refractivity contribution in [3.05, 3.63) is 22.1 Å². The van der Waals surface area contributed by atoms with Gasteiger partial charge in [0.05, 0.1) is 16.4 Å². The van der Waals surface area contributed by atoms with Crippen molar-refractivity contribution in [2.24, 2.45) is 0 Å². The smallest absolute Gasteiger partial charge is 0.265 e. The number of rotatable bonds is 1. The van der Waals surface area contributed by atoms with E-state index in [1.165, 1.54) is 16.0 Å². The van der Waals surface area contributed by atoms with Crippen molar-refractivity contribution in [2.75, 3.05) is 0 Å². The minimum Gasteiger partial charge on any atom is -0.265 e. The number of thiazole rings is 1. The Morgan fingerprint density at radius 1 is 1.67 bits per heavy atom. The molecule has 2 aromatic heterocycles. The molecule has 0 radical (unpaired) electrons. The first-order valence-electron chi connectivity index (χ1n) is 3.62. The first kappa shape index (κ1) is 7.42. The molecule has 0 saturated heterocycles. The summed E-state index contributed by atoms with van der Waals surface area (Å²) < 4.78 is 2.26. The van der Waals surface area contributed by atoms with E-state index >= 15 is 0 Å². The molecule has 2 aromatic rings. The highest BCUT2D eigenvalue weighted by molar-refractivity contribution is 7.16. The van der Waals surface area contributed by atoms with E-state index < -0.39 is 0 Å². The highest BCUT2D eigenvalue weighted by Gasteiger charge is 2.03. The molecular weight excluding hydrogens is 174 g/mol. The van der Waals surface area contributed by atoms with Gasteiger partial charge in [-0.25, -0.2) is 9.67 Å². The Hall–Kier alpha value is -1.23. The summed E-state index contributed by atoms with van der Waals surface area (Å²) in [5.74, 6) is 0. The summed E-state index contributed by atoms with van der Waals surface area (Å²) in [5, 5.41) is 3.97. The van der Waals surface area contributed by atoms with Gasteiger partial charge in [0.1, 0.15) is 5.52 Å². The lowest BCUT2D eigenvalue weighted by Gasteiger charge is -1.96. The summed E-state index contributed by atoms with van der Waals surface area (Å²) in [6.07, 6.45) is 1.68. The molecule has 0 amide bonds. The van der Waals surface area contributed by atoms with Crippen LogP contribution in [-0.2, 0) is 6.54 Å². The Labute approximate surface area is 72.5 Å². The van der Waals surface area contributed by atoms with E-state index in [2.05, 4.69) is 10.1 Å². The Kier molecular flexibility index (Phi) is 1.65. The van der Waals surface area contributed by atoms with E-state index in [1.54, 1.807) is 11.7 Å². The van der Waals surface area contributed by atoms with Gasteiger partial charge in [0.25, 0.3) is 5.56 Å². The fourth-order valence-corrected chi connectivity index (χ4v) is 1.66. The van der Waals surface area contributed by atoms with Crippen molar-refractivity contribution in [2.45, 2.75) is 13.5 Å². The van der Waals surface area contributed by atoms with Gasteiger partial charge >= 0.3 is 0 Å². The highest BCUT2D eigenvalue weighted by Crippen LogP contribution is 2.10. The van der Waals surface area contributed by atoms with Crippen LogP contribution in [0.25, 0.3) is 10.2 Å². The molecule has 12 heavy (non-hydrogen) atoms. The number of hydrogen-bond acceptors (Lipinski definition) is 4. The second kappa shape index (κ2) is 2.67. The van der Waals surface area contributed by atoms with Crippen molar-refractivity contribution in [1.82, 2.24) is 14.8 Å². The van der Waals surface area contributed by atoms with E-state index in [9.17, 15) is 4.79 Å². The zero-order valence-corrected chi connectivity index (χ0v) is 7.34. The van der Waals surface area contributed by atoms with Crippen LogP contribution in [0.1, 0.15) is 6.92 Å². The van der Waals surface area contributed by atoms with Crippen molar-refractivity contribution >= 4 is 21.6 Å². The van der Waals surface area contributed by atoms with Crippen LogP contribution in [0.15, 0.2) is 16.5 Å². The molecular formula is C7H7N3OS. The molecule has 0 atom stereocenters. The summed E-state index contributed by atoms with van der Waals surface area (Å²) in [4.78, 5) is 15.4. The van der Waals surface area contributed by atoms with Gasteiger partial charge in [0.2, 0.25) is 0 Å². The average molecular weight is 181 g/mol. The molecule has 0 aliphatic heterocycles. The monoisotopic (exact) mass is 181 g/mol. The molecule has 5 heteroatoms. The van der Waals surface area contributed by atoms with E-state index in [1.807, 2.05) is 6.92 Å². The number of aryl methyl sites for hydroxylation is 1. The lowest BCUT2D eigenvalue weighted by atomic mass is 10.5. The molecule has 0 fully saturated rings. The molecule has 0 aliphatic rings. The van der Waals surface area contributed by atoms with E-state index in [0.29, 0.717) is 12.1 Å². The van der Waals surface area contributed by atoms with Crippen LogP contribution in [0, 0.1) is 0 Å². The van der Waals surface area contributed by atoms with Gasteiger partial charge in [0, 0.05) is 6.54 Å². The Morgan fingerprint density at radius 2 is 2.50 bits per heavy atom. The molecule has 2 heterocycles. The van der Waals surface area contributed by atoms with Crippen LogP contribution in [0.5, 0.6) is 0 Å². The van der Waals surface area contributed by atoms with Crippen LogP contribution >= 0.6 is 11.3 Å². The van der Waals surface area contributed by atoms with Crippen LogP contribution in [0.2, 0.25) is 0 Å². The molecule has 2 rings (SSSR count). The predicted octanol–water partition coefficient (Wildman–Crippen LogP) is 0.873. The number of aromatic nitrogens is 3. The molecule has 0 aliphatic carbocycles. The fourth-order valence-electron chi connectivity index (χ4n) is 1.03. The molecule has 0 spiro atoms. The van der Waals surface area contributed by atoms with Gasteiger partial charge in [-0.15, -0.1) is 11.3 Å². The summed E-state index contributed by atoms with van der Waals surface area (Å²) in [7, 11) is 0.